The lowest BCUT2D eigenvalue weighted by Crippen LogP contribution is -2.61. The van der Waals surface area contributed by atoms with Crippen LogP contribution in [0.1, 0.15) is 56.4 Å². The van der Waals surface area contributed by atoms with Gasteiger partial charge in [-0.1, -0.05) is 149 Å². The van der Waals surface area contributed by atoms with Gasteiger partial charge in [0.1, 0.15) is 36.3 Å². The van der Waals surface area contributed by atoms with Crippen molar-refractivity contribution in [2.75, 3.05) is 0 Å². The van der Waals surface area contributed by atoms with Crippen molar-refractivity contribution >= 4 is 35.4 Å². The second-order valence-electron chi connectivity index (χ2n) is 15.8. The largest absolute Gasteiger partial charge is 0.383 e. The van der Waals surface area contributed by atoms with Gasteiger partial charge in [0.25, 0.3) is 0 Å². The number of benzene rings is 4. The van der Waals surface area contributed by atoms with Crippen LogP contribution in [0.4, 0.5) is 0 Å². The molecule has 13 nitrogen and oxygen atoms in total. The maximum absolute atomic E-state index is 14.4. The Morgan fingerprint density at radius 2 is 0.767 bits per heavy atom. The molecule has 318 valence electrons. The average molecular weight is 819 g/mol. The molecule has 0 aliphatic carbocycles. The molecule has 13 heteroatoms. The molecule has 0 radical (unpaired) electrons. The first-order chi connectivity index (χ1) is 28.7. The van der Waals surface area contributed by atoms with E-state index in [1.165, 1.54) is 0 Å². The van der Waals surface area contributed by atoms with Crippen LogP contribution in [0.5, 0.6) is 0 Å². The summed E-state index contributed by atoms with van der Waals surface area (Å²) in [6.45, 7) is 7.28. The van der Waals surface area contributed by atoms with Crippen LogP contribution in [-0.4, -0.2) is 76.9 Å². The molecule has 4 aromatic carbocycles. The Hall–Kier alpha value is -6.34. The Kier molecular flexibility index (Phi) is 18.0. The monoisotopic (exact) mass is 818 g/mol. The first kappa shape index (κ1) is 46.4. The highest BCUT2D eigenvalue weighted by atomic mass is 16.3. The Balaban J connectivity index is 1.61. The van der Waals surface area contributed by atoms with E-state index in [4.69, 9.17) is 5.73 Å². The summed E-state index contributed by atoms with van der Waals surface area (Å²) in [5.41, 5.74) is 8.49. The summed E-state index contributed by atoms with van der Waals surface area (Å²) in [5, 5.41) is 24.7. The van der Waals surface area contributed by atoms with Gasteiger partial charge < -0.3 is 37.4 Å². The molecule has 0 aromatic heterocycles. The molecule has 0 bridgehead atoms. The second kappa shape index (κ2) is 23.3. The summed E-state index contributed by atoms with van der Waals surface area (Å²) in [6.07, 6.45) is -0.985. The topological polar surface area (TPSA) is 209 Å². The third kappa shape index (κ3) is 15.1. The standard InChI is InChI=1S/C47H58N6O7/c1-30(2)25-36(42(48)55)49-47(60)41(31(3)4)53-45(58)39(28-34-21-13-7-14-22-34)51-43(56)37(26-32-17-9-5-10-18-32)50-44(57)38(27-33-19-11-6-12-20-33)52-46(59)40(54)29-35-23-15-8-16-24-35/h5-24,30-31,36-41,54H,25-29H2,1-4H3,(H2,48,55)(H,49,60)(H,50,57)(H,51,56)(H,52,59)(H,53,58)/t36-,37-,38-,39-,40-,41-/m1/s1. The van der Waals surface area contributed by atoms with Crippen LogP contribution in [0.2, 0.25) is 0 Å². The predicted octanol–water partition coefficient (Wildman–Crippen LogP) is 2.93. The summed E-state index contributed by atoms with van der Waals surface area (Å²) in [5.74, 6) is -4.43. The maximum atomic E-state index is 14.4. The molecule has 6 atom stereocenters. The zero-order valence-electron chi connectivity index (χ0n) is 34.7. The Labute approximate surface area is 352 Å². The van der Waals surface area contributed by atoms with E-state index in [1.807, 2.05) is 38.1 Å². The van der Waals surface area contributed by atoms with E-state index in [1.54, 1.807) is 111 Å². The number of nitrogens with one attached hydrogen (secondary N) is 5. The van der Waals surface area contributed by atoms with Crippen molar-refractivity contribution in [2.24, 2.45) is 17.6 Å². The van der Waals surface area contributed by atoms with Crippen molar-refractivity contribution in [2.45, 2.75) is 96.1 Å². The van der Waals surface area contributed by atoms with Gasteiger partial charge in [-0.25, -0.2) is 0 Å². The van der Waals surface area contributed by atoms with Gasteiger partial charge >= 0.3 is 0 Å². The normalized spacial score (nSPS) is 14.1. The Bertz CT molecular complexity index is 2000. The van der Waals surface area contributed by atoms with Gasteiger partial charge in [-0.05, 0) is 40.5 Å². The number of nitrogens with two attached hydrogens (primary N) is 1. The quantitative estimate of drug-likeness (QED) is 0.0631. The van der Waals surface area contributed by atoms with Crippen molar-refractivity contribution in [3.63, 3.8) is 0 Å². The zero-order valence-corrected chi connectivity index (χ0v) is 34.7. The van der Waals surface area contributed by atoms with E-state index in [0.717, 1.165) is 16.7 Å². The van der Waals surface area contributed by atoms with Gasteiger partial charge in [-0.2, -0.15) is 0 Å². The van der Waals surface area contributed by atoms with E-state index in [0.29, 0.717) is 12.0 Å². The molecular formula is C47H58N6O7. The van der Waals surface area contributed by atoms with E-state index in [-0.39, 0.29) is 31.6 Å². The molecule has 8 N–H and O–H groups in total. The summed E-state index contributed by atoms with van der Waals surface area (Å²) in [4.78, 5) is 81.9. The zero-order chi connectivity index (χ0) is 43.6. The third-order valence-corrected chi connectivity index (χ3v) is 9.94. The molecule has 60 heavy (non-hydrogen) atoms. The smallest absolute Gasteiger partial charge is 0.249 e. The van der Waals surface area contributed by atoms with Gasteiger partial charge in [0.15, 0.2) is 0 Å². The molecular weight excluding hydrogens is 761 g/mol. The lowest BCUT2D eigenvalue weighted by molar-refractivity contribution is -0.136. The number of rotatable bonds is 22. The van der Waals surface area contributed by atoms with Crippen LogP contribution in [-0.2, 0) is 54.5 Å². The maximum Gasteiger partial charge on any atom is 0.249 e. The third-order valence-electron chi connectivity index (χ3n) is 9.94. The first-order valence-electron chi connectivity index (χ1n) is 20.3. The number of aliphatic hydroxyl groups is 1. The second-order valence-corrected chi connectivity index (χ2v) is 15.8. The van der Waals surface area contributed by atoms with Crippen molar-refractivity contribution in [1.29, 1.82) is 0 Å². The summed E-state index contributed by atoms with van der Waals surface area (Å²) in [6, 6.07) is 30.4. The highest BCUT2D eigenvalue weighted by Gasteiger charge is 2.34. The van der Waals surface area contributed by atoms with E-state index >= 15 is 0 Å². The lowest BCUT2D eigenvalue weighted by atomic mass is 9.98. The van der Waals surface area contributed by atoms with Crippen LogP contribution in [0, 0.1) is 11.8 Å². The molecule has 0 unspecified atom stereocenters. The van der Waals surface area contributed by atoms with E-state index in [9.17, 15) is 33.9 Å². The van der Waals surface area contributed by atoms with E-state index < -0.39 is 77.7 Å². The first-order valence-corrected chi connectivity index (χ1v) is 20.3. The fourth-order valence-corrected chi connectivity index (χ4v) is 6.69. The number of hydrogen-bond donors (Lipinski definition) is 7. The summed E-state index contributed by atoms with van der Waals surface area (Å²) >= 11 is 0. The summed E-state index contributed by atoms with van der Waals surface area (Å²) < 4.78 is 0. The van der Waals surface area contributed by atoms with Crippen LogP contribution < -0.4 is 32.3 Å². The number of aliphatic hydroxyl groups excluding tert-OH is 1. The number of hydrogen-bond acceptors (Lipinski definition) is 7. The highest BCUT2D eigenvalue weighted by molar-refractivity contribution is 5.97. The number of primary amides is 1. The molecule has 0 aliphatic rings. The Morgan fingerprint density at radius 1 is 0.450 bits per heavy atom. The molecule has 0 saturated carbocycles. The van der Waals surface area contributed by atoms with Gasteiger partial charge in [-0.3, -0.25) is 28.8 Å². The van der Waals surface area contributed by atoms with Crippen LogP contribution in [0.25, 0.3) is 0 Å². The van der Waals surface area contributed by atoms with Gasteiger partial charge in [-0.15, -0.1) is 0 Å². The molecule has 0 spiro atoms. The van der Waals surface area contributed by atoms with Crippen LogP contribution in [0.15, 0.2) is 121 Å². The SMILES string of the molecule is CC(C)C[C@@H](NC(=O)[C@H](NC(=O)[C@@H](Cc1ccccc1)NC(=O)[C@@H](Cc1ccccc1)NC(=O)[C@@H](Cc1ccccc1)NC(=O)[C@H](O)Cc1ccccc1)C(C)C)C(N)=O. The molecule has 0 fully saturated rings. The van der Waals surface area contributed by atoms with Gasteiger partial charge in [0.05, 0.1) is 0 Å². The fraction of sp³-hybridized carbons (Fsp3) is 0.362. The number of carbonyl (C=O) groups excluding carboxylic acids is 6. The number of amides is 6. The molecule has 0 aliphatic heterocycles. The minimum absolute atomic E-state index is 0.0270. The minimum atomic E-state index is -1.45. The molecule has 6 amide bonds. The fourth-order valence-electron chi connectivity index (χ4n) is 6.69. The molecule has 4 aromatic rings. The van der Waals surface area contributed by atoms with Crippen LogP contribution in [0.3, 0.4) is 0 Å². The van der Waals surface area contributed by atoms with E-state index in [2.05, 4.69) is 26.6 Å². The number of carbonyl (C=O) groups is 6. The van der Waals surface area contributed by atoms with Crippen molar-refractivity contribution < 1.29 is 33.9 Å². The predicted molar refractivity (Wildman–Crippen MR) is 230 cm³/mol. The van der Waals surface area contributed by atoms with Crippen molar-refractivity contribution in [3.05, 3.63) is 144 Å². The van der Waals surface area contributed by atoms with Gasteiger partial charge in [0.2, 0.25) is 35.4 Å². The lowest BCUT2D eigenvalue weighted by Gasteiger charge is -2.29. The summed E-state index contributed by atoms with van der Waals surface area (Å²) in [7, 11) is 0. The highest BCUT2D eigenvalue weighted by Crippen LogP contribution is 2.12. The molecule has 0 saturated heterocycles. The van der Waals surface area contributed by atoms with Gasteiger partial charge in [0, 0.05) is 25.7 Å². The molecule has 4 rings (SSSR count). The minimum Gasteiger partial charge on any atom is -0.383 e. The van der Waals surface area contributed by atoms with Crippen LogP contribution >= 0.6 is 0 Å². The molecule has 0 heterocycles. The average Bonchev–Trinajstić information content (AvgIpc) is 3.22. The van der Waals surface area contributed by atoms with Crippen molar-refractivity contribution in [1.82, 2.24) is 26.6 Å². The Morgan fingerprint density at radius 3 is 1.10 bits per heavy atom. The van der Waals surface area contributed by atoms with Crippen molar-refractivity contribution in [3.8, 4) is 0 Å².